The Morgan fingerprint density at radius 1 is 1.73 bits per heavy atom. The van der Waals surface area contributed by atoms with E-state index in [1.807, 2.05) is 0 Å². The first kappa shape index (κ1) is 8.06. The number of ketones is 1. The van der Waals surface area contributed by atoms with Crippen LogP contribution in [0.5, 0.6) is 0 Å². The highest BCUT2D eigenvalue weighted by Crippen LogP contribution is 2.13. The summed E-state index contributed by atoms with van der Waals surface area (Å²) in [7, 11) is 0. The highest BCUT2D eigenvalue weighted by molar-refractivity contribution is 9.12. The Bertz CT molecular complexity index is 271. The maximum atomic E-state index is 10.9. The van der Waals surface area contributed by atoms with Crippen molar-refractivity contribution in [2.75, 3.05) is 0 Å². The van der Waals surface area contributed by atoms with Crippen LogP contribution < -0.4 is 0 Å². The number of halogens is 1. The maximum absolute atomic E-state index is 10.9. The Labute approximate surface area is 70.1 Å². The van der Waals surface area contributed by atoms with Crippen molar-refractivity contribution in [3.8, 4) is 0 Å². The molecule has 0 spiro atoms. The van der Waals surface area contributed by atoms with E-state index in [4.69, 9.17) is 0 Å². The average molecular weight is 219 g/mol. The Kier molecular flexibility index (Phi) is 2.13. The van der Waals surface area contributed by atoms with E-state index < -0.39 is 16.7 Å². The van der Waals surface area contributed by atoms with Crippen LogP contribution in [0, 0.1) is 10.1 Å². The molecule has 6 heteroatoms. The monoisotopic (exact) mass is 218 g/mol. The molecule has 0 radical (unpaired) electrons. The lowest BCUT2D eigenvalue weighted by Gasteiger charge is -2.04. The van der Waals surface area contributed by atoms with Gasteiger partial charge in [-0.2, -0.15) is 0 Å². The van der Waals surface area contributed by atoms with Crippen LogP contribution in [0.2, 0.25) is 0 Å². The first-order chi connectivity index (χ1) is 5.13. The van der Waals surface area contributed by atoms with Crippen LogP contribution in [0.1, 0.15) is 0 Å². The Hall–Kier alpha value is -1.04. The number of hydrogen-bond acceptors (Lipinski definition) is 4. The molecule has 0 aromatic heterocycles. The SMILES string of the molecule is O=C1C(Br)=CN=CC1[N+](=O)[O-]. The number of Topliss-reactive ketones (excluding diaryl/α,β-unsaturated/α-hetero) is 1. The first-order valence-corrected chi connectivity index (χ1v) is 3.49. The van der Waals surface area contributed by atoms with Crippen molar-refractivity contribution in [1.82, 2.24) is 0 Å². The van der Waals surface area contributed by atoms with E-state index in [2.05, 4.69) is 20.9 Å². The zero-order chi connectivity index (χ0) is 8.43. The van der Waals surface area contributed by atoms with Gasteiger partial charge < -0.3 is 0 Å². The van der Waals surface area contributed by atoms with Gasteiger partial charge in [0.05, 0.1) is 10.7 Å². The van der Waals surface area contributed by atoms with Crippen molar-refractivity contribution in [3.63, 3.8) is 0 Å². The molecule has 0 saturated carbocycles. The van der Waals surface area contributed by atoms with Gasteiger partial charge in [0.1, 0.15) is 0 Å². The third-order valence-corrected chi connectivity index (χ3v) is 1.74. The highest BCUT2D eigenvalue weighted by atomic mass is 79.9. The van der Waals surface area contributed by atoms with Crippen molar-refractivity contribution in [1.29, 1.82) is 0 Å². The minimum Gasteiger partial charge on any atom is -0.285 e. The second-order valence-electron chi connectivity index (χ2n) is 1.87. The predicted molar refractivity (Wildman–Crippen MR) is 41.3 cm³/mol. The van der Waals surface area contributed by atoms with Gasteiger partial charge >= 0.3 is 6.04 Å². The predicted octanol–water partition coefficient (Wildman–Crippen LogP) is 0.521. The van der Waals surface area contributed by atoms with Gasteiger partial charge in [-0.3, -0.25) is 19.9 Å². The van der Waals surface area contributed by atoms with Crippen molar-refractivity contribution in [3.05, 3.63) is 20.8 Å². The van der Waals surface area contributed by atoms with E-state index >= 15 is 0 Å². The lowest BCUT2D eigenvalue weighted by atomic mass is 10.2. The van der Waals surface area contributed by atoms with E-state index in [-0.39, 0.29) is 4.48 Å². The van der Waals surface area contributed by atoms with Crippen LogP contribution in [-0.4, -0.2) is 23.0 Å². The molecule has 0 N–H and O–H groups in total. The number of hydrogen-bond donors (Lipinski definition) is 0. The molecule has 0 aromatic carbocycles. The molecule has 11 heavy (non-hydrogen) atoms. The fourth-order valence-electron chi connectivity index (χ4n) is 0.613. The minimum atomic E-state index is -1.32. The number of carbonyl (C=O) groups excluding carboxylic acids is 1. The molecule has 1 heterocycles. The van der Waals surface area contributed by atoms with Crippen molar-refractivity contribution in [2.45, 2.75) is 6.04 Å². The van der Waals surface area contributed by atoms with Crippen LogP contribution in [0.3, 0.4) is 0 Å². The highest BCUT2D eigenvalue weighted by Gasteiger charge is 2.31. The molecular weight excluding hydrogens is 216 g/mol. The van der Waals surface area contributed by atoms with Gasteiger partial charge in [-0.15, -0.1) is 0 Å². The molecule has 0 amide bonds. The van der Waals surface area contributed by atoms with Gasteiger partial charge in [0, 0.05) is 11.1 Å². The average Bonchev–Trinajstić information content (AvgIpc) is 1.94. The zero-order valence-corrected chi connectivity index (χ0v) is 6.82. The topological polar surface area (TPSA) is 72.6 Å². The molecule has 1 rings (SSSR count). The normalized spacial score (nSPS) is 23.2. The first-order valence-electron chi connectivity index (χ1n) is 2.69. The Balaban J connectivity index is 2.90. The second kappa shape index (κ2) is 2.91. The van der Waals surface area contributed by atoms with Gasteiger partial charge in [0.2, 0.25) is 0 Å². The lowest BCUT2D eigenvalue weighted by molar-refractivity contribution is -0.487. The molecule has 1 aliphatic heterocycles. The zero-order valence-electron chi connectivity index (χ0n) is 5.23. The third kappa shape index (κ3) is 1.51. The fraction of sp³-hybridized carbons (Fsp3) is 0.200. The summed E-state index contributed by atoms with van der Waals surface area (Å²) in [5.74, 6) is -0.565. The molecule has 0 aromatic rings. The summed E-state index contributed by atoms with van der Waals surface area (Å²) in [5.41, 5.74) is 0. The maximum Gasteiger partial charge on any atom is 0.310 e. The lowest BCUT2D eigenvalue weighted by Crippen LogP contribution is -2.32. The van der Waals surface area contributed by atoms with Crippen LogP contribution in [0.4, 0.5) is 0 Å². The number of rotatable bonds is 1. The van der Waals surface area contributed by atoms with Gasteiger partial charge in [-0.25, -0.2) is 0 Å². The molecule has 1 aliphatic rings. The molecule has 0 saturated heterocycles. The smallest absolute Gasteiger partial charge is 0.285 e. The number of aliphatic imine (C=N–C) groups is 1. The van der Waals surface area contributed by atoms with Crippen LogP contribution >= 0.6 is 15.9 Å². The molecule has 0 fully saturated rings. The van der Waals surface area contributed by atoms with Crippen molar-refractivity contribution < 1.29 is 9.72 Å². The summed E-state index contributed by atoms with van der Waals surface area (Å²) >= 11 is 2.86. The minimum absolute atomic E-state index is 0.140. The van der Waals surface area contributed by atoms with Gasteiger partial charge in [-0.05, 0) is 15.9 Å². The van der Waals surface area contributed by atoms with Gasteiger partial charge in [0.25, 0.3) is 5.78 Å². The molecule has 1 atom stereocenters. The van der Waals surface area contributed by atoms with Gasteiger partial charge in [0.15, 0.2) is 0 Å². The quantitative estimate of drug-likeness (QED) is 0.476. The Morgan fingerprint density at radius 2 is 2.36 bits per heavy atom. The molecule has 0 bridgehead atoms. The summed E-state index contributed by atoms with van der Waals surface area (Å²) in [5, 5.41) is 10.2. The summed E-state index contributed by atoms with van der Waals surface area (Å²) in [6.45, 7) is 0. The van der Waals surface area contributed by atoms with E-state index in [9.17, 15) is 14.9 Å². The summed E-state index contributed by atoms with van der Waals surface area (Å²) in [6, 6.07) is -1.32. The van der Waals surface area contributed by atoms with E-state index in [1.54, 1.807) is 0 Å². The summed E-state index contributed by atoms with van der Waals surface area (Å²) in [6.07, 6.45) is 2.25. The number of nitro groups is 1. The molecule has 1 unspecified atom stereocenters. The summed E-state index contributed by atoms with van der Waals surface area (Å²) in [4.78, 5) is 23.9. The fourth-order valence-corrected chi connectivity index (χ4v) is 0.966. The number of nitrogens with zero attached hydrogens (tertiary/aromatic N) is 2. The van der Waals surface area contributed by atoms with Crippen LogP contribution in [0.15, 0.2) is 15.7 Å². The largest absolute Gasteiger partial charge is 0.310 e. The van der Waals surface area contributed by atoms with E-state index in [0.717, 1.165) is 6.21 Å². The summed E-state index contributed by atoms with van der Waals surface area (Å²) < 4.78 is 0.140. The van der Waals surface area contributed by atoms with E-state index in [0.29, 0.717) is 0 Å². The number of carbonyl (C=O) groups is 1. The third-order valence-electron chi connectivity index (χ3n) is 1.15. The molecule has 0 aliphatic carbocycles. The Morgan fingerprint density at radius 3 is 2.82 bits per heavy atom. The van der Waals surface area contributed by atoms with Crippen molar-refractivity contribution in [2.24, 2.45) is 4.99 Å². The standard InChI is InChI=1S/C5H3BrN2O3/c6-3-1-7-2-4(5(3)9)8(10)11/h1-2,4H. The van der Waals surface area contributed by atoms with Gasteiger partial charge in [-0.1, -0.05) is 0 Å². The second-order valence-corrected chi connectivity index (χ2v) is 2.72. The molecule has 58 valence electrons. The van der Waals surface area contributed by atoms with Crippen LogP contribution in [-0.2, 0) is 4.79 Å². The van der Waals surface area contributed by atoms with E-state index in [1.165, 1.54) is 6.20 Å². The van der Waals surface area contributed by atoms with Crippen LogP contribution in [0.25, 0.3) is 0 Å². The van der Waals surface area contributed by atoms with Crippen molar-refractivity contribution >= 4 is 27.9 Å². The molecular formula is C5H3BrN2O3. The molecule has 5 nitrogen and oxygen atoms in total.